The van der Waals surface area contributed by atoms with E-state index in [4.69, 9.17) is 0 Å². The number of fused-ring (bicyclic) bond motifs is 1. The molecule has 0 saturated heterocycles. The molecule has 2 aliphatic rings. The highest BCUT2D eigenvalue weighted by Crippen LogP contribution is 2.58. The van der Waals surface area contributed by atoms with Gasteiger partial charge in [0.1, 0.15) is 0 Å². The predicted molar refractivity (Wildman–Crippen MR) is 62.4 cm³/mol. The van der Waals surface area contributed by atoms with Gasteiger partial charge >= 0.3 is 0 Å². The molecule has 2 aliphatic carbocycles. The molecule has 0 aromatic heterocycles. The Morgan fingerprint density at radius 3 is 2.29 bits per heavy atom. The zero-order valence-electron chi connectivity index (χ0n) is 8.20. The van der Waals surface area contributed by atoms with Gasteiger partial charge in [0.15, 0.2) is 0 Å². The van der Waals surface area contributed by atoms with E-state index in [1.165, 1.54) is 24.8 Å². The van der Waals surface area contributed by atoms with Crippen LogP contribution in [0.1, 0.15) is 29.7 Å². The molecule has 0 bridgehead atoms. The SMILES string of the molecule is BrC(c1ccccc1)C1CC2CC2C1. The summed E-state index contributed by atoms with van der Waals surface area (Å²) >= 11 is 3.86. The van der Waals surface area contributed by atoms with Gasteiger partial charge in [0.05, 0.1) is 0 Å². The second-order valence-electron chi connectivity index (χ2n) is 4.80. The highest BCUT2D eigenvalue weighted by Gasteiger charge is 2.47. The minimum absolute atomic E-state index is 0.594. The maximum Gasteiger partial charge on any atom is 0.0423 e. The second kappa shape index (κ2) is 3.37. The van der Waals surface area contributed by atoms with Crippen molar-refractivity contribution in [3.63, 3.8) is 0 Å². The average molecular weight is 251 g/mol. The van der Waals surface area contributed by atoms with Gasteiger partial charge in [-0.1, -0.05) is 46.3 Å². The summed E-state index contributed by atoms with van der Waals surface area (Å²) in [5.74, 6) is 3.06. The van der Waals surface area contributed by atoms with Crippen molar-refractivity contribution >= 4 is 15.9 Å². The Balaban J connectivity index is 1.73. The van der Waals surface area contributed by atoms with Crippen molar-refractivity contribution in [1.82, 2.24) is 0 Å². The molecule has 2 fully saturated rings. The highest BCUT2D eigenvalue weighted by molar-refractivity contribution is 9.09. The average Bonchev–Trinajstić information content (AvgIpc) is 2.86. The predicted octanol–water partition coefficient (Wildman–Crippen LogP) is 4.17. The van der Waals surface area contributed by atoms with E-state index < -0.39 is 0 Å². The summed E-state index contributed by atoms with van der Waals surface area (Å²) in [6.45, 7) is 0. The lowest BCUT2D eigenvalue weighted by Crippen LogP contribution is -2.05. The summed E-state index contributed by atoms with van der Waals surface area (Å²) in [6.07, 6.45) is 4.43. The normalized spacial score (nSPS) is 36.5. The maximum atomic E-state index is 3.86. The van der Waals surface area contributed by atoms with Crippen molar-refractivity contribution in [3.05, 3.63) is 35.9 Å². The van der Waals surface area contributed by atoms with E-state index >= 15 is 0 Å². The number of halogens is 1. The van der Waals surface area contributed by atoms with Crippen LogP contribution in [-0.2, 0) is 0 Å². The first-order valence-corrected chi connectivity index (χ1v) is 6.45. The quantitative estimate of drug-likeness (QED) is 0.692. The van der Waals surface area contributed by atoms with E-state index in [1.807, 2.05) is 0 Å². The van der Waals surface area contributed by atoms with Gasteiger partial charge in [-0.2, -0.15) is 0 Å². The highest BCUT2D eigenvalue weighted by atomic mass is 79.9. The third-order valence-electron chi connectivity index (χ3n) is 3.81. The van der Waals surface area contributed by atoms with E-state index in [0.717, 1.165) is 17.8 Å². The zero-order chi connectivity index (χ0) is 9.54. The van der Waals surface area contributed by atoms with E-state index in [0.29, 0.717) is 4.83 Å². The van der Waals surface area contributed by atoms with E-state index in [9.17, 15) is 0 Å². The third-order valence-corrected chi connectivity index (χ3v) is 5.09. The van der Waals surface area contributed by atoms with Gasteiger partial charge in [0, 0.05) is 4.83 Å². The standard InChI is InChI=1S/C13H15Br/c14-13(9-4-2-1-3-5-9)12-7-10-6-11(10)8-12/h1-5,10-13H,6-8H2. The molecule has 0 spiro atoms. The zero-order valence-corrected chi connectivity index (χ0v) is 9.78. The van der Waals surface area contributed by atoms with Crippen molar-refractivity contribution in [2.75, 3.05) is 0 Å². The Morgan fingerprint density at radius 1 is 1.00 bits per heavy atom. The Bertz CT molecular complexity index is 309. The lowest BCUT2D eigenvalue weighted by molar-refractivity contribution is 0.482. The van der Waals surface area contributed by atoms with Gasteiger partial charge in [-0.05, 0) is 42.6 Å². The minimum Gasteiger partial charge on any atom is -0.0836 e. The molecule has 1 heteroatoms. The van der Waals surface area contributed by atoms with Crippen LogP contribution in [0.4, 0.5) is 0 Å². The van der Waals surface area contributed by atoms with Crippen LogP contribution in [0, 0.1) is 17.8 Å². The first-order chi connectivity index (χ1) is 6.84. The molecule has 14 heavy (non-hydrogen) atoms. The Morgan fingerprint density at radius 2 is 1.64 bits per heavy atom. The fourth-order valence-electron chi connectivity index (χ4n) is 2.91. The molecule has 3 rings (SSSR count). The molecule has 0 heterocycles. The Hall–Kier alpha value is -0.300. The molecule has 0 nitrogen and oxygen atoms in total. The molecule has 74 valence electrons. The number of hydrogen-bond acceptors (Lipinski definition) is 0. The van der Waals surface area contributed by atoms with Crippen LogP contribution in [0.25, 0.3) is 0 Å². The molecule has 0 radical (unpaired) electrons. The van der Waals surface area contributed by atoms with Gasteiger partial charge in [-0.15, -0.1) is 0 Å². The fraction of sp³-hybridized carbons (Fsp3) is 0.538. The fourth-order valence-corrected chi connectivity index (χ4v) is 3.65. The summed E-state index contributed by atoms with van der Waals surface area (Å²) in [4.78, 5) is 0.594. The number of hydrogen-bond donors (Lipinski definition) is 0. The topological polar surface area (TPSA) is 0 Å². The number of rotatable bonds is 2. The van der Waals surface area contributed by atoms with Crippen LogP contribution in [0.15, 0.2) is 30.3 Å². The van der Waals surface area contributed by atoms with Gasteiger partial charge in [-0.25, -0.2) is 0 Å². The van der Waals surface area contributed by atoms with E-state index in [-0.39, 0.29) is 0 Å². The van der Waals surface area contributed by atoms with Crippen LogP contribution < -0.4 is 0 Å². The second-order valence-corrected chi connectivity index (χ2v) is 5.79. The summed E-state index contributed by atoms with van der Waals surface area (Å²) in [6, 6.07) is 10.8. The maximum absolute atomic E-state index is 3.86. The molecule has 0 aliphatic heterocycles. The first kappa shape index (κ1) is 8.96. The third kappa shape index (κ3) is 1.52. The van der Waals surface area contributed by atoms with E-state index in [1.54, 1.807) is 0 Å². The molecule has 1 aromatic carbocycles. The van der Waals surface area contributed by atoms with Crippen LogP contribution in [0.5, 0.6) is 0 Å². The molecule has 3 atom stereocenters. The molecule has 1 aromatic rings. The Labute approximate surface area is 93.8 Å². The van der Waals surface area contributed by atoms with Crippen molar-refractivity contribution in [3.8, 4) is 0 Å². The van der Waals surface area contributed by atoms with Gasteiger partial charge in [0.25, 0.3) is 0 Å². The van der Waals surface area contributed by atoms with Crippen molar-refractivity contribution in [2.45, 2.75) is 24.1 Å². The summed E-state index contributed by atoms with van der Waals surface area (Å²) < 4.78 is 0. The molecule has 0 amide bonds. The molecule has 2 saturated carbocycles. The summed E-state index contributed by atoms with van der Waals surface area (Å²) in [5, 5.41) is 0. The first-order valence-electron chi connectivity index (χ1n) is 5.53. The Kier molecular flexibility index (Phi) is 2.16. The van der Waals surface area contributed by atoms with Gasteiger partial charge in [0.2, 0.25) is 0 Å². The monoisotopic (exact) mass is 250 g/mol. The van der Waals surface area contributed by atoms with Crippen molar-refractivity contribution < 1.29 is 0 Å². The van der Waals surface area contributed by atoms with Crippen LogP contribution >= 0.6 is 15.9 Å². The lowest BCUT2D eigenvalue weighted by atomic mass is 9.95. The van der Waals surface area contributed by atoms with Crippen molar-refractivity contribution in [2.24, 2.45) is 17.8 Å². The molecular formula is C13H15Br. The number of alkyl halides is 1. The summed E-state index contributed by atoms with van der Waals surface area (Å²) in [5.41, 5.74) is 1.46. The molecule has 3 unspecified atom stereocenters. The van der Waals surface area contributed by atoms with Crippen LogP contribution in [0.2, 0.25) is 0 Å². The largest absolute Gasteiger partial charge is 0.0836 e. The summed E-state index contributed by atoms with van der Waals surface area (Å²) in [7, 11) is 0. The molecule has 0 N–H and O–H groups in total. The van der Waals surface area contributed by atoms with Gasteiger partial charge < -0.3 is 0 Å². The van der Waals surface area contributed by atoms with E-state index in [2.05, 4.69) is 46.3 Å². The van der Waals surface area contributed by atoms with Crippen LogP contribution in [-0.4, -0.2) is 0 Å². The minimum atomic E-state index is 0.594. The van der Waals surface area contributed by atoms with Gasteiger partial charge in [-0.3, -0.25) is 0 Å². The lowest BCUT2D eigenvalue weighted by Gasteiger charge is -2.19. The van der Waals surface area contributed by atoms with Crippen molar-refractivity contribution in [1.29, 1.82) is 0 Å². The smallest absolute Gasteiger partial charge is 0.0423 e. The number of benzene rings is 1. The molecular weight excluding hydrogens is 236 g/mol. The van der Waals surface area contributed by atoms with Crippen LogP contribution in [0.3, 0.4) is 0 Å².